The fourth-order valence-electron chi connectivity index (χ4n) is 3.34. The number of alkyl carbamates (subject to hydrolysis) is 1. The number of halogens is 1. The van der Waals surface area contributed by atoms with Gasteiger partial charge in [0.2, 0.25) is 5.91 Å². The normalized spacial score (nSPS) is 17.4. The number of aromatic amines is 1. The summed E-state index contributed by atoms with van der Waals surface area (Å²) < 4.78 is 10.7. The molecule has 8 nitrogen and oxygen atoms in total. The summed E-state index contributed by atoms with van der Waals surface area (Å²) in [4.78, 5) is 34.2. The molecule has 2 heterocycles. The van der Waals surface area contributed by atoms with Crippen molar-refractivity contribution in [2.75, 3.05) is 27.4 Å². The van der Waals surface area contributed by atoms with Gasteiger partial charge in [0.25, 0.3) is 0 Å². The molecule has 0 aliphatic carbocycles. The third kappa shape index (κ3) is 4.53. The van der Waals surface area contributed by atoms with Crippen LogP contribution in [-0.4, -0.2) is 60.3 Å². The van der Waals surface area contributed by atoms with Crippen LogP contribution in [0.2, 0.25) is 0 Å². The number of carbonyl (C=O) groups excluding carboxylic acids is 2. The number of H-pyrrole nitrogens is 1. The average molecular weight is 451 g/mol. The molecule has 0 spiro atoms. The summed E-state index contributed by atoms with van der Waals surface area (Å²) >= 11 is 3.43. The molecule has 2 amide bonds. The highest BCUT2D eigenvalue weighted by Crippen LogP contribution is 2.32. The first-order valence-corrected chi connectivity index (χ1v) is 9.77. The smallest absolute Gasteiger partial charge is 0.407 e. The Bertz CT molecular complexity index is 824. The van der Waals surface area contributed by atoms with E-state index >= 15 is 0 Å². The molecule has 3 rings (SSSR count). The number of amides is 2. The SMILES string of the molecule is COC[C@H](NC(=O)OC)C(=O)N1CCC[C@H]1c1ncc(-c2ccc(Br)cc2)[nH]1. The van der Waals surface area contributed by atoms with Crippen LogP contribution < -0.4 is 5.32 Å². The molecule has 28 heavy (non-hydrogen) atoms. The van der Waals surface area contributed by atoms with Crippen molar-refractivity contribution in [3.63, 3.8) is 0 Å². The fraction of sp³-hybridized carbons (Fsp3) is 0.421. The average Bonchev–Trinajstić information content (AvgIpc) is 3.36. The minimum atomic E-state index is -0.807. The van der Waals surface area contributed by atoms with Crippen molar-refractivity contribution < 1.29 is 19.1 Å². The van der Waals surface area contributed by atoms with Gasteiger partial charge in [-0.2, -0.15) is 0 Å². The van der Waals surface area contributed by atoms with Crippen LogP contribution in [0.4, 0.5) is 4.79 Å². The van der Waals surface area contributed by atoms with Gasteiger partial charge in [0.15, 0.2) is 0 Å². The lowest BCUT2D eigenvalue weighted by molar-refractivity contribution is -0.135. The van der Waals surface area contributed by atoms with E-state index in [2.05, 4.69) is 36.0 Å². The van der Waals surface area contributed by atoms with Crippen LogP contribution in [0.5, 0.6) is 0 Å². The summed E-state index contributed by atoms with van der Waals surface area (Å²) in [6.45, 7) is 0.667. The van der Waals surface area contributed by atoms with Gasteiger partial charge in [-0.15, -0.1) is 0 Å². The van der Waals surface area contributed by atoms with Crippen molar-refractivity contribution in [1.29, 1.82) is 0 Å². The van der Waals surface area contributed by atoms with Gasteiger partial charge in [-0.1, -0.05) is 28.1 Å². The third-order valence-corrected chi connectivity index (χ3v) is 5.24. The van der Waals surface area contributed by atoms with Gasteiger partial charge >= 0.3 is 6.09 Å². The van der Waals surface area contributed by atoms with Crippen molar-refractivity contribution in [2.45, 2.75) is 24.9 Å². The number of benzene rings is 1. The van der Waals surface area contributed by atoms with E-state index in [1.54, 1.807) is 11.1 Å². The Labute approximate surface area is 171 Å². The molecule has 0 radical (unpaired) electrons. The monoisotopic (exact) mass is 450 g/mol. The van der Waals surface area contributed by atoms with Gasteiger partial charge < -0.3 is 24.7 Å². The highest BCUT2D eigenvalue weighted by Gasteiger charge is 2.36. The fourth-order valence-corrected chi connectivity index (χ4v) is 3.60. The number of likely N-dealkylation sites (tertiary alicyclic amines) is 1. The van der Waals surface area contributed by atoms with Crippen LogP contribution in [0.25, 0.3) is 11.3 Å². The van der Waals surface area contributed by atoms with Crippen molar-refractivity contribution in [3.05, 3.63) is 40.8 Å². The maximum absolute atomic E-state index is 13.0. The van der Waals surface area contributed by atoms with Crippen molar-refractivity contribution in [1.82, 2.24) is 20.2 Å². The predicted octanol–water partition coefficient (Wildman–Crippen LogP) is 2.87. The Kier molecular flexibility index (Phi) is 6.69. The van der Waals surface area contributed by atoms with Crippen LogP contribution in [-0.2, 0) is 14.3 Å². The lowest BCUT2D eigenvalue weighted by Gasteiger charge is -2.27. The van der Waals surface area contributed by atoms with E-state index in [0.717, 1.165) is 34.4 Å². The van der Waals surface area contributed by atoms with Gasteiger partial charge in [0.05, 0.1) is 31.6 Å². The Morgan fingerprint density at radius 3 is 2.79 bits per heavy atom. The molecule has 0 unspecified atom stereocenters. The molecule has 1 aliphatic rings. The lowest BCUT2D eigenvalue weighted by Crippen LogP contribution is -2.50. The van der Waals surface area contributed by atoms with Crippen molar-refractivity contribution in [3.8, 4) is 11.3 Å². The molecule has 0 bridgehead atoms. The van der Waals surface area contributed by atoms with E-state index in [0.29, 0.717) is 6.54 Å². The molecule has 1 fully saturated rings. The summed E-state index contributed by atoms with van der Waals surface area (Å²) in [5.41, 5.74) is 1.91. The van der Waals surface area contributed by atoms with E-state index in [1.807, 2.05) is 24.3 Å². The number of hydrogen-bond donors (Lipinski definition) is 2. The van der Waals surface area contributed by atoms with Crippen molar-refractivity contribution >= 4 is 27.9 Å². The predicted molar refractivity (Wildman–Crippen MR) is 107 cm³/mol. The number of rotatable bonds is 6. The zero-order chi connectivity index (χ0) is 20.1. The zero-order valence-corrected chi connectivity index (χ0v) is 17.4. The number of imidazole rings is 1. The summed E-state index contributed by atoms with van der Waals surface area (Å²) in [5, 5.41) is 2.54. The number of carbonyl (C=O) groups is 2. The van der Waals surface area contributed by atoms with Crippen LogP contribution >= 0.6 is 15.9 Å². The first-order valence-electron chi connectivity index (χ1n) is 8.98. The Morgan fingerprint density at radius 1 is 1.36 bits per heavy atom. The first-order chi connectivity index (χ1) is 13.5. The minimum Gasteiger partial charge on any atom is -0.453 e. The van der Waals surface area contributed by atoms with Gasteiger partial charge in [-0.05, 0) is 30.5 Å². The number of aromatic nitrogens is 2. The minimum absolute atomic E-state index is 0.0689. The first kappa shape index (κ1) is 20.3. The molecule has 0 saturated carbocycles. The van der Waals surface area contributed by atoms with Crippen LogP contribution in [0.3, 0.4) is 0 Å². The summed E-state index contributed by atoms with van der Waals surface area (Å²) in [5.74, 6) is 0.523. The van der Waals surface area contributed by atoms with Gasteiger partial charge in [-0.25, -0.2) is 9.78 Å². The molecule has 2 N–H and O–H groups in total. The maximum atomic E-state index is 13.0. The highest BCUT2D eigenvalue weighted by atomic mass is 79.9. The molecule has 150 valence electrons. The molecular formula is C19H23BrN4O4. The van der Waals surface area contributed by atoms with Crippen LogP contribution in [0.15, 0.2) is 34.9 Å². The topological polar surface area (TPSA) is 96.5 Å². The second kappa shape index (κ2) is 9.20. The standard InChI is InChI=1S/C19H23BrN4O4/c1-27-11-15(23-19(26)28-2)18(25)24-9-3-4-16(24)17-21-10-14(22-17)12-5-7-13(20)8-6-12/h5-8,10,15-16H,3-4,9,11H2,1-2H3,(H,21,22)(H,23,26)/t15-,16-/m0/s1. The quantitative estimate of drug-likeness (QED) is 0.704. The Hall–Kier alpha value is -2.39. The van der Waals surface area contributed by atoms with E-state index in [9.17, 15) is 9.59 Å². The second-order valence-electron chi connectivity index (χ2n) is 6.52. The van der Waals surface area contributed by atoms with Crippen LogP contribution in [0.1, 0.15) is 24.7 Å². The van der Waals surface area contributed by atoms with E-state index in [4.69, 9.17) is 4.74 Å². The number of hydrogen-bond acceptors (Lipinski definition) is 5. The van der Waals surface area contributed by atoms with Crippen LogP contribution in [0, 0.1) is 0 Å². The molecule has 1 saturated heterocycles. The van der Waals surface area contributed by atoms with E-state index in [-0.39, 0.29) is 18.6 Å². The van der Waals surface area contributed by atoms with E-state index in [1.165, 1.54) is 14.2 Å². The van der Waals surface area contributed by atoms with Gasteiger partial charge in [-0.3, -0.25) is 4.79 Å². The zero-order valence-electron chi connectivity index (χ0n) is 15.8. The molecular weight excluding hydrogens is 428 g/mol. The maximum Gasteiger partial charge on any atom is 0.407 e. The van der Waals surface area contributed by atoms with Gasteiger partial charge in [0.1, 0.15) is 11.9 Å². The molecule has 2 atom stereocenters. The Balaban J connectivity index is 1.77. The second-order valence-corrected chi connectivity index (χ2v) is 7.44. The lowest BCUT2D eigenvalue weighted by atomic mass is 10.1. The summed E-state index contributed by atoms with van der Waals surface area (Å²) in [7, 11) is 2.74. The highest BCUT2D eigenvalue weighted by molar-refractivity contribution is 9.10. The third-order valence-electron chi connectivity index (χ3n) is 4.71. The molecule has 1 aliphatic heterocycles. The largest absolute Gasteiger partial charge is 0.453 e. The molecule has 1 aromatic carbocycles. The number of ether oxygens (including phenoxy) is 2. The van der Waals surface area contributed by atoms with E-state index < -0.39 is 12.1 Å². The summed E-state index contributed by atoms with van der Waals surface area (Å²) in [6.07, 6.45) is 2.78. The summed E-state index contributed by atoms with van der Waals surface area (Å²) in [6, 6.07) is 6.95. The molecule has 2 aromatic rings. The molecule has 9 heteroatoms. The number of nitrogens with one attached hydrogen (secondary N) is 2. The van der Waals surface area contributed by atoms with Gasteiger partial charge in [0, 0.05) is 18.1 Å². The molecule has 1 aromatic heterocycles. The Morgan fingerprint density at radius 2 is 2.11 bits per heavy atom. The number of methoxy groups -OCH3 is 2. The van der Waals surface area contributed by atoms with Crippen molar-refractivity contribution in [2.24, 2.45) is 0 Å². The number of nitrogens with zero attached hydrogens (tertiary/aromatic N) is 2.